The quantitative estimate of drug-likeness (QED) is 0.870. The zero-order chi connectivity index (χ0) is 18.9. The van der Waals surface area contributed by atoms with Gasteiger partial charge in [-0.1, -0.05) is 12.1 Å². The fraction of sp³-hybridized carbons (Fsp3) is 0.400. The molecule has 0 radical (unpaired) electrons. The summed E-state index contributed by atoms with van der Waals surface area (Å²) in [6.45, 7) is 4.24. The Labute approximate surface area is 155 Å². The Kier molecular flexibility index (Phi) is 5.25. The molecular formula is C20H25NO4S. The molecule has 0 spiro atoms. The highest BCUT2D eigenvalue weighted by Gasteiger charge is 2.25. The number of nitrogens with one attached hydrogen (secondary N) is 1. The third-order valence-corrected chi connectivity index (χ3v) is 7.03. The number of benzene rings is 2. The summed E-state index contributed by atoms with van der Waals surface area (Å²) in [6.07, 6.45) is 0.909. The molecule has 1 heterocycles. The topological polar surface area (TPSA) is 64.6 Å². The van der Waals surface area contributed by atoms with E-state index in [1.807, 2.05) is 24.3 Å². The normalized spacial score (nSPS) is 17.0. The van der Waals surface area contributed by atoms with Gasteiger partial charge in [0.15, 0.2) is 21.3 Å². The van der Waals surface area contributed by atoms with Crippen LogP contribution in [0.5, 0.6) is 11.5 Å². The summed E-state index contributed by atoms with van der Waals surface area (Å²) in [5.41, 5.74) is 3.37. The minimum atomic E-state index is -3.26. The molecule has 0 fully saturated rings. The van der Waals surface area contributed by atoms with E-state index in [1.165, 1.54) is 5.56 Å². The SMILES string of the molecule is COc1cc2c(cc1OC)C(c1ccc(S(=O)(=O)C(C)C)cc1)NCC2. The van der Waals surface area contributed by atoms with Crippen LogP contribution in [0.3, 0.4) is 0 Å². The lowest BCUT2D eigenvalue weighted by atomic mass is 9.89. The van der Waals surface area contributed by atoms with Crippen LogP contribution in [0, 0.1) is 0 Å². The van der Waals surface area contributed by atoms with Crippen molar-refractivity contribution in [2.24, 2.45) is 0 Å². The highest BCUT2D eigenvalue weighted by Crippen LogP contribution is 2.37. The molecule has 26 heavy (non-hydrogen) atoms. The lowest BCUT2D eigenvalue weighted by Gasteiger charge is -2.28. The summed E-state index contributed by atoms with van der Waals surface area (Å²) in [5.74, 6) is 1.42. The molecule has 1 unspecified atom stereocenters. The first kappa shape index (κ1) is 18.7. The molecule has 0 bridgehead atoms. The van der Waals surface area contributed by atoms with Crippen LogP contribution < -0.4 is 14.8 Å². The predicted molar refractivity (Wildman–Crippen MR) is 102 cm³/mol. The molecule has 1 atom stereocenters. The molecule has 140 valence electrons. The van der Waals surface area contributed by atoms with Crippen molar-refractivity contribution in [2.45, 2.75) is 36.5 Å². The number of fused-ring (bicyclic) bond motifs is 1. The molecule has 0 aliphatic carbocycles. The second kappa shape index (κ2) is 7.29. The van der Waals surface area contributed by atoms with Gasteiger partial charge in [0.2, 0.25) is 0 Å². The summed E-state index contributed by atoms with van der Waals surface area (Å²) in [6, 6.07) is 11.2. The summed E-state index contributed by atoms with van der Waals surface area (Å²) in [4.78, 5) is 0.361. The number of methoxy groups -OCH3 is 2. The third-order valence-electron chi connectivity index (χ3n) is 4.86. The lowest BCUT2D eigenvalue weighted by molar-refractivity contribution is 0.353. The van der Waals surface area contributed by atoms with Crippen LogP contribution in [0.25, 0.3) is 0 Å². The monoisotopic (exact) mass is 375 g/mol. The summed E-state index contributed by atoms with van der Waals surface area (Å²) >= 11 is 0. The average Bonchev–Trinajstić information content (AvgIpc) is 2.66. The molecule has 3 rings (SSSR count). The zero-order valence-corrected chi connectivity index (χ0v) is 16.4. The second-order valence-electron chi connectivity index (χ2n) is 6.71. The Hall–Kier alpha value is -2.05. The van der Waals surface area contributed by atoms with Crippen LogP contribution >= 0.6 is 0 Å². The van der Waals surface area contributed by atoms with Crippen LogP contribution in [0.2, 0.25) is 0 Å². The van der Waals surface area contributed by atoms with Crippen molar-refractivity contribution in [3.05, 3.63) is 53.1 Å². The summed E-state index contributed by atoms with van der Waals surface area (Å²) < 4.78 is 35.5. The summed E-state index contributed by atoms with van der Waals surface area (Å²) in [5, 5.41) is 3.08. The van der Waals surface area contributed by atoms with Gasteiger partial charge in [-0.3, -0.25) is 0 Å². The van der Waals surface area contributed by atoms with E-state index in [9.17, 15) is 8.42 Å². The first-order valence-electron chi connectivity index (χ1n) is 8.70. The van der Waals surface area contributed by atoms with E-state index in [4.69, 9.17) is 9.47 Å². The molecule has 1 N–H and O–H groups in total. The molecule has 2 aromatic carbocycles. The maximum absolute atomic E-state index is 12.3. The largest absolute Gasteiger partial charge is 0.493 e. The van der Waals surface area contributed by atoms with Gasteiger partial charge in [0.1, 0.15) is 0 Å². The van der Waals surface area contributed by atoms with Gasteiger partial charge in [0, 0.05) is 6.54 Å². The Bertz CT molecular complexity index is 889. The van der Waals surface area contributed by atoms with Crippen LogP contribution in [-0.2, 0) is 16.3 Å². The predicted octanol–water partition coefficient (Wildman–Crippen LogP) is 3.12. The van der Waals surface area contributed by atoms with Crippen LogP contribution in [-0.4, -0.2) is 34.4 Å². The molecule has 6 heteroatoms. The van der Waals surface area contributed by atoms with Crippen molar-refractivity contribution in [3.63, 3.8) is 0 Å². The van der Waals surface area contributed by atoms with Gasteiger partial charge >= 0.3 is 0 Å². The molecule has 0 amide bonds. The number of hydrogen-bond acceptors (Lipinski definition) is 5. The molecule has 0 saturated heterocycles. The van der Waals surface area contributed by atoms with Gasteiger partial charge in [0.05, 0.1) is 30.4 Å². The molecule has 5 nitrogen and oxygen atoms in total. The van der Waals surface area contributed by atoms with Crippen molar-refractivity contribution in [1.29, 1.82) is 0 Å². The Morgan fingerprint density at radius 3 is 2.23 bits per heavy atom. The standard InChI is InChI=1S/C20H25NO4S/c1-13(2)26(22,23)16-7-5-14(6-8-16)20-17-12-19(25-4)18(24-3)11-15(17)9-10-21-20/h5-8,11-13,20-21H,9-10H2,1-4H3. The van der Waals surface area contributed by atoms with E-state index in [2.05, 4.69) is 5.32 Å². The van der Waals surface area contributed by atoms with Crippen LogP contribution in [0.15, 0.2) is 41.3 Å². The first-order valence-corrected chi connectivity index (χ1v) is 10.2. The summed E-state index contributed by atoms with van der Waals surface area (Å²) in [7, 11) is 0.000163. The van der Waals surface area contributed by atoms with Gasteiger partial charge in [0.25, 0.3) is 0 Å². The number of sulfone groups is 1. The van der Waals surface area contributed by atoms with Crippen molar-refractivity contribution in [2.75, 3.05) is 20.8 Å². The Morgan fingerprint density at radius 1 is 1.04 bits per heavy atom. The van der Waals surface area contributed by atoms with Gasteiger partial charge < -0.3 is 14.8 Å². The van der Waals surface area contributed by atoms with E-state index < -0.39 is 15.1 Å². The minimum absolute atomic E-state index is 0.00522. The minimum Gasteiger partial charge on any atom is -0.493 e. The van der Waals surface area contributed by atoms with Crippen LogP contribution in [0.4, 0.5) is 0 Å². The van der Waals surface area contributed by atoms with Gasteiger partial charge in [-0.05, 0) is 61.2 Å². The second-order valence-corrected chi connectivity index (χ2v) is 9.21. The smallest absolute Gasteiger partial charge is 0.180 e. The molecule has 0 saturated carbocycles. The highest BCUT2D eigenvalue weighted by molar-refractivity contribution is 7.92. The average molecular weight is 375 g/mol. The number of hydrogen-bond donors (Lipinski definition) is 1. The van der Waals surface area contributed by atoms with Crippen molar-refractivity contribution in [3.8, 4) is 11.5 Å². The third kappa shape index (κ3) is 3.31. The maximum atomic E-state index is 12.3. The van der Waals surface area contributed by atoms with Gasteiger partial charge in [-0.25, -0.2) is 8.42 Å². The van der Waals surface area contributed by atoms with E-state index in [-0.39, 0.29) is 6.04 Å². The molecular weight excluding hydrogens is 350 g/mol. The van der Waals surface area contributed by atoms with E-state index >= 15 is 0 Å². The first-order chi connectivity index (χ1) is 12.4. The molecule has 2 aromatic rings. The number of ether oxygens (including phenoxy) is 2. The van der Waals surface area contributed by atoms with Crippen molar-refractivity contribution >= 4 is 9.84 Å². The Morgan fingerprint density at radius 2 is 1.65 bits per heavy atom. The van der Waals surface area contributed by atoms with Gasteiger partial charge in [-0.2, -0.15) is 0 Å². The molecule has 1 aliphatic heterocycles. The lowest BCUT2D eigenvalue weighted by Crippen LogP contribution is -2.30. The Balaban J connectivity index is 2.00. The van der Waals surface area contributed by atoms with E-state index in [0.717, 1.165) is 29.8 Å². The van der Waals surface area contributed by atoms with Crippen LogP contribution in [0.1, 0.15) is 36.6 Å². The highest BCUT2D eigenvalue weighted by atomic mass is 32.2. The maximum Gasteiger partial charge on any atom is 0.180 e. The molecule has 0 aromatic heterocycles. The fourth-order valence-electron chi connectivity index (χ4n) is 3.30. The molecule has 1 aliphatic rings. The van der Waals surface area contributed by atoms with Gasteiger partial charge in [-0.15, -0.1) is 0 Å². The number of rotatable bonds is 5. The van der Waals surface area contributed by atoms with E-state index in [1.54, 1.807) is 40.2 Å². The van der Waals surface area contributed by atoms with Crippen molar-refractivity contribution in [1.82, 2.24) is 5.32 Å². The zero-order valence-electron chi connectivity index (χ0n) is 15.6. The van der Waals surface area contributed by atoms with E-state index in [0.29, 0.717) is 10.6 Å². The fourth-order valence-corrected chi connectivity index (χ4v) is 4.36. The van der Waals surface area contributed by atoms with Crippen molar-refractivity contribution < 1.29 is 17.9 Å².